The molecule has 0 aromatic heterocycles. The number of methoxy groups -OCH3 is 1. The van der Waals surface area contributed by atoms with Crippen LogP contribution in [0.1, 0.15) is 5.56 Å². The molecular weight excluding hydrogens is 242 g/mol. The number of hydrogen-bond acceptors (Lipinski definition) is 4. The van der Waals surface area contributed by atoms with Crippen molar-refractivity contribution < 1.29 is 13.2 Å². The van der Waals surface area contributed by atoms with Crippen molar-refractivity contribution >= 4 is 15.9 Å². The van der Waals surface area contributed by atoms with Gasteiger partial charge < -0.3 is 4.74 Å². The predicted molar refractivity (Wildman–Crippen MR) is 63.6 cm³/mol. The molecule has 0 heterocycles. The quantitative estimate of drug-likeness (QED) is 0.722. The lowest BCUT2D eigenvalue weighted by atomic mass is 10.2. The molecule has 1 aromatic rings. The molecule has 0 aliphatic heterocycles. The molecule has 2 N–H and O–H groups in total. The number of hydrogen-bond donors (Lipinski definition) is 2. The summed E-state index contributed by atoms with van der Waals surface area (Å²) >= 11 is 0. The van der Waals surface area contributed by atoms with E-state index in [1.165, 1.54) is 31.4 Å². The standard InChI is InChI=1S/C10H13N3O3S/c1-16-7-6-12-17(14,15)13-10-4-2-9(8-11)3-5-10/h2-5,12-13H,6-7H2,1H3. The molecule has 0 saturated carbocycles. The second kappa shape index (κ2) is 6.20. The maximum absolute atomic E-state index is 11.5. The number of nitrogens with one attached hydrogen (secondary N) is 2. The molecule has 1 aromatic carbocycles. The van der Waals surface area contributed by atoms with E-state index in [1.807, 2.05) is 6.07 Å². The molecule has 0 fully saturated rings. The monoisotopic (exact) mass is 255 g/mol. The zero-order valence-electron chi connectivity index (χ0n) is 9.30. The maximum atomic E-state index is 11.5. The van der Waals surface area contributed by atoms with Crippen LogP contribution in [0.25, 0.3) is 0 Å². The fourth-order valence-corrected chi connectivity index (χ4v) is 1.95. The predicted octanol–water partition coefficient (Wildman–Crippen LogP) is 0.451. The fraction of sp³-hybridized carbons (Fsp3) is 0.300. The normalized spacial score (nSPS) is 10.8. The summed E-state index contributed by atoms with van der Waals surface area (Å²) in [5, 5.41) is 8.59. The van der Waals surface area contributed by atoms with E-state index in [0.717, 1.165) is 0 Å². The van der Waals surface area contributed by atoms with Crippen LogP contribution in [0.3, 0.4) is 0 Å². The van der Waals surface area contributed by atoms with Gasteiger partial charge in [-0.3, -0.25) is 4.72 Å². The van der Waals surface area contributed by atoms with Gasteiger partial charge in [-0.1, -0.05) is 0 Å². The van der Waals surface area contributed by atoms with Crippen LogP contribution in [0, 0.1) is 11.3 Å². The van der Waals surface area contributed by atoms with Crippen molar-refractivity contribution in [1.82, 2.24) is 4.72 Å². The molecule has 0 aliphatic carbocycles. The number of rotatable bonds is 6. The number of nitrogens with zero attached hydrogens (tertiary/aromatic N) is 1. The Kier molecular flexibility index (Phi) is 4.90. The van der Waals surface area contributed by atoms with E-state index in [2.05, 4.69) is 9.44 Å². The zero-order valence-corrected chi connectivity index (χ0v) is 10.1. The minimum Gasteiger partial charge on any atom is -0.383 e. The Hall–Kier alpha value is -1.62. The summed E-state index contributed by atoms with van der Waals surface area (Å²) in [5.41, 5.74) is 0.870. The Morgan fingerprint density at radius 3 is 2.53 bits per heavy atom. The van der Waals surface area contributed by atoms with Gasteiger partial charge in [0.25, 0.3) is 10.2 Å². The largest absolute Gasteiger partial charge is 0.383 e. The van der Waals surface area contributed by atoms with Crippen molar-refractivity contribution in [3.8, 4) is 6.07 Å². The highest BCUT2D eigenvalue weighted by molar-refractivity contribution is 7.90. The van der Waals surface area contributed by atoms with Crippen molar-refractivity contribution in [1.29, 1.82) is 5.26 Å². The van der Waals surface area contributed by atoms with Crippen molar-refractivity contribution in [2.75, 3.05) is 25.0 Å². The Balaban J connectivity index is 2.60. The van der Waals surface area contributed by atoms with Gasteiger partial charge >= 0.3 is 0 Å². The first-order valence-electron chi connectivity index (χ1n) is 4.84. The minimum atomic E-state index is -3.59. The smallest absolute Gasteiger partial charge is 0.299 e. The van der Waals surface area contributed by atoms with E-state index in [0.29, 0.717) is 17.9 Å². The molecule has 7 heteroatoms. The lowest BCUT2D eigenvalue weighted by molar-refractivity contribution is 0.204. The second-order valence-electron chi connectivity index (χ2n) is 3.18. The van der Waals surface area contributed by atoms with Gasteiger partial charge in [0.2, 0.25) is 0 Å². The van der Waals surface area contributed by atoms with E-state index in [-0.39, 0.29) is 6.54 Å². The molecule has 17 heavy (non-hydrogen) atoms. The van der Waals surface area contributed by atoms with Gasteiger partial charge in [-0.2, -0.15) is 18.4 Å². The van der Waals surface area contributed by atoms with Gasteiger partial charge in [0.1, 0.15) is 0 Å². The Bertz CT molecular complexity index is 491. The van der Waals surface area contributed by atoms with Crippen LogP contribution in [0.2, 0.25) is 0 Å². The number of nitriles is 1. The minimum absolute atomic E-state index is 0.197. The summed E-state index contributed by atoms with van der Waals surface area (Å²) in [5.74, 6) is 0. The molecule has 6 nitrogen and oxygen atoms in total. The third-order valence-electron chi connectivity index (χ3n) is 1.86. The van der Waals surface area contributed by atoms with Crippen molar-refractivity contribution in [3.05, 3.63) is 29.8 Å². The third-order valence-corrected chi connectivity index (χ3v) is 2.95. The van der Waals surface area contributed by atoms with Gasteiger partial charge in [0.15, 0.2) is 0 Å². The zero-order chi connectivity index (χ0) is 12.7. The van der Waals surface area contributed by atoms with Gasteiger partial charge in [-0.25, -0.2) is 0 Å². The number of benzene rings is 1. The average molecular weight is 255 g/mol. The average Bonchev–Trinajstić information content (AvgIpc) is 2.30. The number of anilines is 1. The van der Waals surface area contributed by atoms with Crippen LogP contribution < -0.4 is 9.44 Å². The van der Waals surface area contributed by atoms with Crippen LogP contribution in [0.4, 0.5) is 5.69 Å². The molecule has 92 valence electrons. The van der Waals surface area contributed by atoms with E-state index < -0.39 is 10.2 Å². The molecule has 0 atom stereocenters. The number of ether oxygens (including phenoxy) is 1. The fourth-order valence-electron chi connectivity index (χ4n) is 1.08. The van der Waals surface area contributed by atoms with Crippen molar-refractivity contribution in [2.45, 2.75) is 0 Å². The summed E-state index contributed by atoms with van der Waals surface area (Å²) in [6, 6.07) is 8.06. The summed E-state index contributed by atoms with van der Waals surface area (Å²) in [4.78, 5) is 0. The van der Waals surface area contributed by atoms with Crippen LogP contribution in [-0.4, -0.2) is 28.7 Å². The molecule has 0 radical (unpaired) electrons. The summed E-state index contributed by atoms with van der Waals surface area (Å²) in [6.45, 7) is 0.496. The highest BCUT2D eigenvalue weighted by Gasteiger charge is 2.08. The van der Waals surface area contributed by atoms with Gasteiger partial charge in [-0.15, -0.1) is 0 Å². The summed E-state index contributed by atoms with van der Waals surface area (Å²) in [6.07, 6.45) is 0. The van der Waals surface area contributed by atoms with Crippen molar-refractivity contribution in [2.24, 2.45) is 0 Å². The summed E-state index contributed by atoms with van der Waals surface area (Å²) < 4.78 is 32.3. The van der Waals surface area contributed by atoms with Gasteiger partial charge in [-0.05, 0) is 24.3 Å². The Morgan fingerprint density at radius 2 is 2.00 bits per heavy atom. The molecule has 0 aliphatic rings. The highest BCUT2D eigenvalue weighted by Crippen LogP contribution is 2.09. The molecular formula is C10H13N3O3S. The SMILES string of the molecule is COCCNS(=O)(=O)Nc1ccc(C#N)cc1. The lowest BCUT2D eigenvalue weighted by Gasteiger charge is -2.08. The van der Waals surface area contributed by atoms with E-state index in [1.54, 1.807) is 0 Å². The topological polar surface area (TPSA) is 91.2 Å². The van der Waals surface area contributed by atoms with Crippen LogP contribution in [0.5, 0.6) is 0 Å². The molecule has 0 unspecified atom stereocenters. The third kappa shape index (κ3) is 4.82. The first-order valence-corrected chi connectivity index (χ1v) is 6.32. The van der Waals surface area contributed by atoms with E-state index in [4.69, 9.17) is 10.00 Å². The van der Waals surface area contributed by atoms with Crippen LogP contribution in [0.15, 0.2) is 24.3 Å². The van der Waals surface area contributed by atoms with Crippen LogP contribution in [-0.2, 0) is 14.9 Å². The first kappa shape index (κ1) is 13.4. The molecule has 0 saturated heterocycles. The maximum Gasteiger partial charge on any atom is 0.299 e. The lowest BCUT2D eigenvalue weighted by Crippen LogP contribution is -2.32. The van der Waals surface area contributed by atoms with Crippen molar-refractivity contribution in [3.63, 3.8) is 0 Å². The molecule has 0 bridgehead atoms. The molecule has 0 amide bonds. The second-order valence-corrected chi connectivity index (χ2v) is 4.68. The van der Waals surface area contributed by atoms with Gasteiger partial charge in [0, 0.05) is 19.3 Å². The van der Waals surface area contributed by atoms with E-state index >= 15 is 0 Å². The van der Waals surface area contributed by atoms with E-state index in [9.17, 15) is 8.42 Å². The van der Waals surface area contributed by atoms with Gasteiger partial charge in [0.05, 0.1) is 18.2 Å². The van der Waals surface area contributed by atoms with Crippen LogP contribution >= 0.6 is 0 Å². The first-order chi connectivity index (χ1) is 8.07. The molecule has 1 rings (SSSR count). The molecule has 0 spiro atoms. The highest BCUT2D eigenvalue weighted by atomic mass is 32.2. The summed E-state index contributed by atoms with van der Waals surface area (Å²) in [7, 11) is -2.10. The Labute approximate surface area is 100 Å². The Morgan fingerprint density at radius 1 is 1.35 bits per heavy atom.